The second kappa shape index (κ2) is 9.41. The molecule has 38 heavy (non-hydrogen) atoms. The number of oxime groups is 1. The molecule has 4 aliphatic carbocycles. The Labute approximate surface area is 225 Å². The Kier molecular flexibility index (Phi) is 6.29. The average Bonchev–Trinajstić information content (AvgIpc) is 3.41. The molecule has 202 valence electrons. The fraction of sp³-hybridized carbons (Fsp3) is 0.562. The highest BCUT2D eigenvalue weighted by Crippen LogP contribution is 2.66. The molecular formula is C32H41N3O3. The number of rotatable bonds is 6. The Bertz CT molecular complexity index is 1320. The first kappa shape index (κ1) is 25.4. The molecule has 6 atom stereocenters. The summed E-state index contributed by atoms with van der Waals surface area (Å²) in [5.41, 5.74) is 4.06. The van der Waals surface area contributed by atoms with Gasteiger partial charge in [0.2, 0.25) is 0 Å². The van der Waals surface area contributed by atoms with E-state index >= 15 is 0 Å². The second-order valence-electron chi connectivity index (χ2n) is 12.7. The van der Waals surface area contributed by atoms with Gasteiger partial charge in [-0.2, -0.15) is 0 Å². The molecule has 0 saturated heterocycles. The highest BCUT2D eigenvalue weighted by molar-refractivity contribution is 6.05. The van der Waals surface area contributed by atoms with Gasteiger partial charge in [-0.15, -0.1) is 0 Å². The van der Waals surface area contributed by atoms with Crippen molar-refractivity contribution < 1.29 is 14.7 Å². The lowest BCUT2D eigenvalue weighted by Gasteiger charge is -2.58. The van der Waals surface area contributed by atoms with E-state index in [1.807, 2.05) is 18.3 Å². The maximum atomic E-state index is 12.3. The molecule has 0 spiro atoms. The smallest absolute Gasteiger partial charge is 0.260 e. The Morgan fingerprint density at radius 1 is 1.16 bits per heavy atom. The summed E-state index contributed by atoms with van der Waals surface area (Å²) in [4.78, 5) is 21.0. The van der Waals surface area contributed by atoms with Gasteiger partial charge in [-0.05, 0) is 98.8 Å². The maximum absolute atomic E-state index is 12.3. The molecule has 4 aliphatic rings. The van der Waals surface area contributed by atoms with E-state index in [1.54, 1.807) is 0 Å². The minimum absolute atomic E-state index is 0.0392. The first-order valence-electron chi connectivity index (χ1n) is 14.4. The number of H-pyrrole nitrogens is 1. The van der Waals surface area contributed by atoms with Gasteiger partial charge >= 0.3 is 0 Å². The average molecular weight is 516 g/mol. The summed E-state index contributed by atoms with van der Waals surface area (Å²) in [6.07, 6.45) is 15.9. The summed E-state index contributed by atoms with van der Waals surface area (Å²) in [5, 5.41) is 19.6. The molecule has 6 rings (SSSR count). The van der Waals surface area contributed by atoms with Crippen molar-refractivity contribution in [2.24, 2.45) is 33.7 Å². The van der Waals surface area contributed by atoms with Gasteiger partial charge in [-0.1, -0.05) is 48.9 Å². The van der Waals surface area contributed by atoms with E-state index < -0.39 is 5.60 Å². The maximum Gasteiger partial charge on any atom is 0.260 e. The summed E-state index contributed by atoms with van der Waals surface area (Å²) in [5.74, 6) is 1.72. The molecule has 6 heteroatoms. The molecule has 0 aliphatic heterocycles. The van der Waals surface area contributed by atoms with E-state index in [2.05, 4.69) is 66.6 Å². The van der Waals surface area contributed by atoms with Crippen LogP contribution in [0.25, 0.3) is 10.9 Å². The molecule has 2 aromatic rings. The van der Waals surface area contributed by atoms with Gasteiger partial charge in [0.25, 0.3) is 5.91 Å². The van der Waals surface area contributed by atoms with Crippen LogP contribution in [-0.4, -0.2) is 40.5 Å². The quantitative estimate of drug-likeness (QED) is 0.432. The van der Waals surface area contributed by atoms with Crippen LogP contribution in [0.2, 0.25) is 0 Å². The van der Waals surface area contributed by atoms with Gasteiger partial charge in [0.1, 0.15) is 5.71 Å². The molecule has 3 N–H and O–H groups in total. The molecular weight excluding hydrogens is 474 g/mol. The van der Waals surface area contributed by atoms with Gasteiger partial charge in [0.05, 0.1) is 5.60 Å². The van der Waals surface area contributed by atoms with Crippen LogP contribution in [0.4, 0.5) is 0 Å². The fourth-order valence-corrected chi connectivity index (χ4v) is 8.40. The number of carbonyl (C=O) groups excluding carboxylic acids is 1. The third-order valence-corrected chi connectivity index (χ3v) is 10.9. The second-order valence-corrected chi connectivity index (χ2v) is 12.7. The normalized spacial score (nSPS) is 36.9. The minimum Gasteiger partial charge on any atom is -0.390 e. The number of aromatic nitrogens is 1. The van der Waals surface area contributed by atoms with Crippen molar-refractivity contribution >= 4 is 22.5 Å². The van der Waals surface area contributed by atoms with Crippen LogP contribution in [0.3, 0.4) is 0 Å². The summed E-state index contributed by atoms with van der Waals surface area (Å²) in [7, 11) is 0. The zero-order chi connectivity index (χ0) is 26.5. The summed E-state index contributed by atoms with van der Waals surface area (Å²) in [6, 6.07) is 8.19. The molecule has 0 bridgehead atoms. The van der Waals surface area contributed by atoms with Crippen LogP contribution < -0.4 is 5.32 Å². The van der Waals surface area contributed by atoms with Crippen LogP contribution in [0.5, 0.6) is 0 Å². The number of aliphatic hydroxyl groups is 1. The van der Waals surface area contributed by atoms with E-state index in [9.17, 15) is 9.90 Å². The number of para-hydroxylation sites is 1. The lowest BCUT2D eigenvalue weighted by atomic mass is 9.47. The fourth-order valence-electron chi connectivity index (χ4n) is 8.40. The van der Waals surface area contributed by atoms with E-state index in [0.29, 0.717) is 24.3 Å². The van der Waals surface area contributed by atoms with Crippen molar-refractivity contribution in [2.75, 3.05) is 13.2 Å². The Hall–Kier alpha value is -2.86. The van der Waals surface area contributed by atoms with E-state index in [0.717, 1.165) is 49.8 Å². The van der Waals surface area contributed by atoms with Crippen LogP contribution in [0.15, 0.2) is 59.4 Å². The number of fused-ring (bicyclic) bond motifs is 6. The number of allylic oxidation sites excluding steroid dienone is 4. The first-order valence-corrected chi connectivity index (χ1v) is 14.4. The van der Waals surface area contributed by atoms with E-state index in [4.69, 9.17) is 4.84 Å². The molecule has 6 nitrogen and oxygen atoms in total. The Morgan fingerprint density at radius 2 is 1.97 bits per heavy atom. The molecule has 1 aromatic carbocycles. The van der Waals surface area contributed by atoms with Crippen LogP contribution in [-0.2, 0) is 16.1 Å². The number of nitrogens with one attached hydrogen (secondary N) is 2. The largest absolute Gasteiger partial charge is 0.390 e. The molecule has 3 fully saturated rings. The Morgan fingerprint density at radius 3 is 2.84 bits per heavy atom. The zero-order valence-electron chi connectivity index (χ0n) is 22.9. The zero-order valence-corrected chi connectivity index (χ0v) is 22.9. The van der Waals surface area contributed by atoms with Crippen molar-refractivity contribution in [3.63, 3.8) is 0 Å². The van der Waals surface area contributed by atoms with Crippen LogP contribution in [0.1, 0.15) is 64.9 Å². The number of hydrogen-bond donors (Lipinski definition) is 3. The number of carbonyl (C=O) groups is 1. The summed E-state index contributed by atoms with van der Waals surface area (Å²) in [6.45, 7) is 7.26. The van der Waals surface area contributed by atoms with Crippen molar-refractivity contribution in [3.05, 3.63) is 59.8 Å². The molecule has 3 saturated carbocycles. The van der Waals surface area contributed by atoms with E-state index in [-0.39, 0.29) is 23.3 Å². The van der Waals surface area contributed by atoms with Gasteiger partial charge in [-0.25, -0.2) is 0 Å². The number of nitrogens with zero attached hydrogens (tertiary/aromatic N) is 1. The monoisotopic (exact) mass is 515 g/mol. The third kappa shape index (κ3) is 4.12. The number of amides is 1. The van der Waals surface area contributed by atoms with Gasteiger partial charge in [0, 0.05) is 29.1 Å². The number of aromatic amines is 1. The first-order chi connectivity index (χ1) is 18.2. The van der Waals surface area contributed by atoms with Crippen molar-refractivity contribution in [2.45, 2.75) is 71.3 Å². The molecule has 1 amide bonds. The highest BCUT2D eigenvalue weighted by atomic mass is 16.6. The molecule has 1 aromatic heterocycles. The van der Waals surface area contributed by atoms with Gasteiger partial charge in [0.15, 0.2) is 6.61 Å². The predicted molar refractivity (Wildman–Crippen MR) is 151 cm³/mol. The number of hydrogen-bond acceptors (Lipinski definition) is 4. The molecule has 0 unspecified atom stereocenters. The minimum atomic E-state index is -0.540. The summed E-state index contributed by atoms with van der Waals surface area (Å²) < 4.78 is 0. The van der Waals surface area contributed by atoms with Gasteiger partial charge in [-0.3, -0.25) is 4.79 Å². The standard InChI is InChI=1S/C32H41N3O3/c1-30-14-10-23(35-38-20-29(36)33-17-13-21-19-34-28-7-5-4-6-24(21)28)18-22(30)8-9-25-26(30)11-15-31(2)27(25)12-16-32(31,3)37/h4-7,10,14,18-19,25-27,34,37H,8-9,11-13,15-17,20H2,1-3H3,(H,33,36)/t25-,26+,27-,30+,31+,32+/m1/s1. The SMILES string of the molecule is C[C@]12C=CC(=NOCC(=O)NCCc3c[nH]c4ccccc34)C=C1CC[C@H]1[C@H]3CC[C@](C)(O)[C@@]3(C)CC[C@@H]12. The van der Waals surface area contributed by atoms with Crippen molar-refractivity contribution in [3.8, 4) is 0 Å². The third-order valence-electron chi connectivity index (χ3n) is 10.9. The van der Waals surface area contributed by atoms with Crippen LogP contribution >= 0.6 is 0 Å². The molecule has 1 heterocycles. The van der Waals surface area contributed by atoms with Crippen molar-refractivity contribution in [1.82, 2.24) is 10.3 Å². The molecule has 0 radical (unpaired) electrons. The summed E-state index contributed by atoms with van der Waals surface area (Å²) >= 11 is 0. The number of benzene rings is 1. The topological polar surface area (TPSA) is 86.7 Å². The lowest BCUT2D eigenvalue weighted by Crippen LogP contribution is -2.53. The predicted octanol–water partition coefficient (Wildman–Crippen LogP) is 5.69. The Balaban J connectivity index is 1.03. The van der Waals surface area contributed by atoms with Crippen molar-refractivity contribution in [1.29, 1.82) is 0 Å². The van der Waals surface area contributed by atoms with E-state index in [1.165, 1.54) is 22.9 Å². The highest BCUT2D eigenvalue weighted by Gasteiger charge is 2.61. The van der Waals surface area contributed by atoms with Crippen LogP contribution in [0, 0.1) is 28.6 Å². The van der Waals surface area contributed by atoms with Gasteiger partial charge < -0.3 is 20.2 Å². The lowest BCUT2D eigenvalue weighted by molar-refractivity contribution is -0.125.